The zero-order valence-corrected chi connectivity index (χ0v) is 14.9. The van der Waals surface area contributed by atoms with Gasteiger partial charge in [-0.3, -0.25) is 10.1 Å². The molecule has 0 radical (unpaired) electrons. The summed E-state index contributed by atoms with van der Waals surface area (Å²) in [5.41, 5.74) is 2.51. The molecule has 7 nitrogen and oxygen atoms in total. The van der Waals surface area contributed by atoms with E-state index < -0.39 is 22.9 Å². The molecule has 0 aliphatic carbocycles. The van der Waals surface area contributed by atoms with Gasteiger partial charge in [0.1, 0.15) is 0 Å². The van der Waals surface area contributed by atoms with Crippen LogP contribution in [-0.4, -0.2) is 35.1 Å². The number of H-pyrrole nitrogens is 1. The summed E-state index contributed by atoms with van der Waals surface area (Å²) in [6, 6.07) is 4.31. The van der Waals surface area contributed by atoms with Gasteiger partial charge in [0.05, 0.1) is 18.6 Å². The molecular formula is C18H24N2O5. The Morgan fingerprint density at radius 3 is 2.56 bits per heavy atom. The number of rotatable bonds is 8. The summed E-state index contributed by atoms with van der Waals surface area (Å²) in [7, 11) is 0. The lowest BCUT2D eigenvalue weighted by molar-refractivity contribution is -0.514. The van der Waals surface area contributed by atoms with Crippen LogP contribution >= 0.6 is 0 Å². The molecular weight excluding hydrogens is 324 g/mol. The van der Waals surface area contributed by atoms with Crippen LogP contribution in [0.4, 0.5) is 0 Å². The number of nitro groups is 1. The molecule has 0 spiro atoms. The third-order valence-electron chi connectivity index (χ3n) is 4.34. The minimum atomic E-state index is -1.45. The predicted octanol–water partition coefficient (Wildman–Crippen LogP) is 3.58. The lowest BCUT2D eigenvalue weighted by Crippen LogP contribution is -2.36. The maximum Gasteiger partial charge on any atom is 0.382 e. The molecule has 2 rings (SSSR count). The number of fused-ring (bicyclic) bond motifs is 1. The normalized spacial score (nSPS) is 14.9. The molecule has 3 atom stereocenters. The minimum Gasteiger partial charge on any atom is -0.461 e. The molecule has 0 aliphatic rings. The van der Waals surface area contributed by atoms with Gasteiger partial charge >= 0.3 is 12.0 Å². The van der Waals surface area contributed by atoms with Crippen LogP contribution in [0.25, 0.3) is 10.9 Å². The van der Waals surface area contributed by atoms with E-state index in [1.807, 2.05) is 32.0 Å². The number of hydrogen-bond donors (Lipinski definition) is 1. The average Bonchev–Trinajstić information content (AvgIpc) is 2.99. The second-order valence-corrected chi connectivity index (χ2v) is 5.88. The average molecular weight is 348 g/mol. The zero-order valence-electron chi connectivity index (χ0n) is 14.9. The lowest BCUT2D eigenvalue weighted by atomic mass is 9.90. The molecule has 136 valence electrons. The maximum absolute atomic E-state index is 12.1. The highest BCUT2D eigenvalue weighted by molar-refractivity contribution is 5.88. The van der Waals surface area contributed by atoms with E-state index >= 15 is 0 Å². The Bertz CT molecular complexity index is 755. The Labute approximate surface area is 146 Å². The molecule has 0 bridgehead atoms. The number of aromatic amines is 1. The molecule has 7 heteroatoms. The standard InChI is InChI=1S/C18H24N2O5/c1-5-24-12(4)13-8-7-9-15-16(13)14(10-19-15)11(3)17(20(22)23)18(21)25-6-2/h7-12,17,19H,5-6H2,1-4H3. The lowest BCUT2D eigenvalue weighted by Gasteiger charge is -2.18. The van der Waals surface area contributed by atoms with Crippen molar-refractivity contribution >= 4 is 16.9 Å². The van der Waals surface area contributed by atoms with Crippen molar-refractivity contribution < 1.29 is 19.2 Å². The number of ether oxygens (including phenoxy) is 2. The first-order valence-electron chi connectivity index (χ1n) is 8.43. The van der Waals surface area contributed by atoms with Gasteiger partial charge in [-0.05, 0) is 38.0 Å². The zero-order chi connectivity index (χ0) is 18.6. The third-order valence-corrected chi connectivity index (χ3v) is 4.34. The van der Waals surface area contributed by atoms with Gasteiger partial charge in [-0.2, -0.15) is 0 Å². The molecule has 1 heterocycles. The summed E-state index contributed by atoms with van der Waals surface area (Å²) in [6.45, 7) is 7.84. The number of esters is 1. The van der Waals surface area contributed by atoms with Crippen molar-refractivity contribution in [2.45, 2.75) is 45.8 Å². The van der Waals surface area contributed by atoms with Gasteiger partial charge < -0.3 is 14.5 Å². The van der Waals surface area contributed by atoms with Crippen molar-refractivity contribution in [3.05, 3.63) is 45.6 Å². The molecule has 1 N–H and O–H groups in total. The van der Waals surface area contributed by atoms with E-state index in [1.54, 1.807) is 20.0 Å². The number of carbonyl (C=O) groups excluding carboxylic acids is 1. The van der Waals surface area contributed by atoms with Gasteiger partial charge in [-0.1, -0.05) is 19.1 Å². The minimum absolute atomic E-state index is 0.108. The highest BCUT2D eigenvalue weighted by Crippen LogP contribution is 2.35. The second-order valence-electron chi connectivity index (χ2n) is 5.88. The van der Waals surface area contributed by atoms with Crippen molar-refractivity contribution in [3.63, 3.8) is 0 Å². The monoisotopic (exact) mass is 348 g/mol. The van der Waals surface area contributed by atoms with Gasteiger partial charge in [0.2, 0.25) is 0 Å². The van der Waals surface area contributed by atoms with Crippen molar-refractivity contribution in [1.82, 2.24) is 4.98 Å². The second kappa shape index (κ2) is 8.11. The van der Waals surface area contributed by atoms with Gasteiger partial charge in [-0.15, -0.1) is 0 Å². The molecule has 1 aromatic carbocycles. The Kier molecular flexibility index (Phi) is 6.14. The first-order chi connectivity index (χ1) is 11.9. The number of nitrogens with one attached hydrogen (secondary N) is 1. The summed E-state index contributed by atoms with van der Waals surface area (Å²) in [4.78, 5) is 26.1. The van der Waals surface area contributed by atoms with Crippen molar-refractivity contribution in [1.29, 1.82) is 0 Å². The molecule has 3 unspecified atom stereocenters. The summed E-state index contributed by atoms with van der Waals surface area (Å²) in [6.07, 6.45) is 1.57. The number of nitrogens with zero attached hydrogens (tertiary/aromatic N) is 1. The Balaban J connectivity index is 2.52. The van der Waals surface area contributed by atoms with Gasteiger partial charge in [-0.25, -0.2) is 4.79 Å². The number of hydrogen-bond acceptors (Lipinski definition) is 5. The van der Waals surface area contributed by atoms with E-state index in [0.717, 1.165) is 16.5 Å². The van der Waals surface area contributed by atoms with Crippen LogP contribution in [-0.2, 0) is 14.3 Å². The number of aromatic nitrogens is 1. The fourth-order valence-electron chi connectivity index (χ4n) is 3.15. The highest BCUT2D eigenvalue weighted by Gasteiger charge is 2.39. The van der Waals surface area contributed by atoms with Crippen LogP contribution in [0.5, 0.6) is 0 Å². The molecule has 2 aromatic rings. The Hall–Kier alpha value is -2.41. The fourth-order valence-corrected chi connectivity index (χ4v) is 3.15. The molecule has 0 amide bonds. The predicted molar refractivity (Wildman–Crippen MR) is 94.2 cm³/mol. The van der Waals surface area contributed by atoms with Crippen LogP contribution < -0.4 is 0 Å². The number of carbonyl (C=O) groups is 1. The SMILES string of the molecule is CCOC(=O)C(C(C)c1c[nH]c2cccc(C(C)OCC)c12)[N+](=O)[O-]. The quantitative estimate of drug-likeness (QED) is 0.447. The summed E-state index contributed by atoms with van der Waals surface area (Å²) >= 11 is 0. The Morgan fingerprint density at radius 1 is 1.24 bits per heavy atom. The van der Waals surface area contributed by atoms with Crippen molar-refractivity contribution in [2.24, 2.45) is 0 Å². The van der Waals surface area contributed by atoms with E-state index in [2.05, 4.69) is 4.98 Å². The first-order valence-corrected chi connectivity index (χ1v) is 8.43. The molecule has 0 saturated heterocycles. The molecule has 0 aliphatic heterocycles. The smallest absolute Gasteiger partial charge is 0.382 e. The summed E-state index contributed by atoms with van der Waals surface area (Å²) < 4.78 is 10.6. The Morgan fingerprint density at radius 2 is 1.96 bits per heavy atom. The topological polar surface area (TPSA) is 94.5 Å². The third kappa shape index (κ3) is 3.82. The fraction of sp³-hybridized carbons (Fsp3) is 0.500. The molecule has 1 aromatic heterocycles. The van der Waals surface area contributed by atoms with E-state index in [0.29, 0.717) is 12.2 Å². The summed E-state index contributed by atoms with van der Waals surface area (Å²) in [5, 5.41) is 12.3. The van der Waals surface area contributed by atoms with Crippen LogP contribution in [0.2, 0.25) is 0 Å². The summed E-state index contributed by atoms with van der Waals surface area (Å²) in [5.74, 6) is -1.46. The molecule has 0 saturated carbocycles. The van der Waals surface area contributed by atoms with E-state index in [-0.39, 0.29) is 12.7 Å². The maximum atomic E-state index is 12.1. The highest BCUT2D eigenvalue weighted by atomic mass is 16.6. The van der Waals surface area contributed by atoms with Crippen LogP contribution in [0.3, 0.4) is 0 Å². The van der Waals surface area contributed by atoms with Crippen molar-refractivity contribution in [2.75, 3.05) is 13.2 Å². The molecule has 25 heavy (non-hydrogen) atoms. The van der Waals surface area contributed by atoms with Crippen LogP contribution in [0, 0.1) is 10.1 Å². The van der Waals surface area contributed by atoms with E-state index in [1.165, 1.54) is 0 Å². The largest absolute Gasteiger partial charge is 0.461 e. The van der Waals surface area contributed by atoms with Crippen LogP contribution in [0.15, 0.2) is 24.4 Å². The number of benzene rings is 1. The van der Waals surface area contributed by atoms with Gasteiger partial charge in [0, 0.05) is 28.6 Å². The van der Waals surface area contributed by atoms with E-state index in [4.69, 9.17) is 9.47 Å². The van der Waals surface area contributed by atoms with Gasteiger partial charge in [0.15, 0.2) is 0 Å². The van der Waals surface area contributed by atoms with E-state index in [9.17, 15) is 14.9 Å². The van der Waals surface area contributed by atoms with Crippen LogP contribution in [0.1, 0.15) is 50.8 Å². The van der Waals surface area contributed by atoms with Gasteiger partial charge in [0.25, 0.3) is 0 Å². The van der Waals surface area contributed by atoms with Crippen molar-refractivity contribution in [3.8, 4) is 0 Å². The molecule has 0 fully saturated rings. The first kappa shape index (κ1) is 18.9.